The predicted molar refractivity (Wildman–Crippen MR) is 89.9 cm³/mol. The van der Waals surface area contributed by atoms with E-state index in [-0.39, 0.29) is 0 Å². The van der Waals surface area contributed by atoms with Crippen molar-refractivity contribution in [1.82, 2.24) is 0 Å². The molecular weight excluding hydrogens is 240 g/mol. The van der Waals surface area contributed by atoms with Crippen LogP contribution in [0, 0.1) is 13.8 Å². The van der Waals surface area contributed by atoms with E-state index < -0.39 is 0 Å². The number of hydrogen-bond donors (Lipinski definition) is 0. The van der Waals surface area contributed by atoms with Crippen molar-refractivity contribution in [1.29, 1.82) is 0 Å². The Morgan fingerprint density at radius 1 is 0.750 bits per heavy atom. The third kappa shape index (κ3) is 2.91. The third-order valence-corrected chi connectivity index (χ3v) is 4.08. The van der Waals surface area contributed by atoms with Gasteiger partial charge in [-0.1, -0.05) is 61.7 Å². The zero-order valence-electron chi connectivity index (χ0n) is 12.4. The van der Waals surface area contributed by atoms with Crippen molar-refractivity contribution in [3.05, 3.63) is 82.9 Å². The molecule has 0 saturated heterocycles. The maximum Gasteiger partial charge on any atom is -0.0230 e. The van der Waals surface area contributed by atoms with Gasteiger partial charge >= 0.3 is 0 Å². The largest absolute Gasteiger partial charge is 0.0985 e. The van der Waals surface area contributed by atoms with Gasteiger partial charge in [0.2, 0.25) is 0 Å². The van der Waals surface area contributed by atoms with Crippen LogP contribution >= 0.6 is 0 Å². The summed E-state index contributed by atoms with van der Waals surface area (Å²) in [4.78, 5) is 0. The number of hydrogen-bond acceptors (Lipinski definition) is 0. The maximum atomic E-state index is 3.88. The highest BCUT2D eigenvalue weighted by Gasteiger charge is 2.05. The van der Waals surface area contributed by atoms with Crippen LogP contribution in [0.2, 0.25) is 0 Å². The van der Waals surface area contributed by atoms with Crippen molar-refractivity contribution in [3.63, 3.8) is 0 Å². The van der Waals surface area contributed by atoms with Crippen molar-refractivity contribution >= 4 is 12.2 Å². The number of benzene rings is 2. The summed E-state index contributed by atoms with van der Waals surface area (Å²) in [6, 6.07) is 12.9. The van der Waals surface area contributed by atoms with Gasteiger partial charge in [-0.2, -0.15) is 0 Å². The van der Waals surface area contributed by atoms with Crippen LogP contribution in [0.5, 0.6) is 0 Å². The molecule has 0 aliphatic carbocycles. The zero-order valence-corrected chi connectivity index (χ0v) is 12.4. The van der Waals surface area contributed by atoms with Crippen LogP contribution in [0.25, 0.3) is 12.2 Å². The molecule has 0 heteroatoms. The van der Waals surface area contributed by atoms with Gasteiger partial charge in [0.25, 0.3) is 0 Å². The molecule has 0 fully saturated rings. The van der Waals surface area contributed by atoms with Crippen LogP contribution in [-0.4, -0.2) is 0 Å². The van der Waals surface area contributed by atoms with Crippen LogP contribution in [0.4, 0.5) is 0 Å². The van der Waals surface area contributed by atoms with E-state index in [1.165, 1.54) is 33.4 Å². The molecule has 2 aromatic rings. The first kappa shape index (κ1) is 14.3. The summed E-state index contributed by atoms with van der Waals surface area (Å²) in [5.41, 5.74) is 7.98. The second-order valence-electron chi connectivity index (χ2n) is 5.17. The summed E-state index contributed by atoms with van der Waals surface area (Å²) in [6.45, 7) is 12.1. The van der Waals surface area contributed by atoms with E-state index in [4.69, 9.17) is 0 Å². The Morgan fingerprint density at radius 2 is 1.15 bits per heavy atom. The first-order valence-corrected chi connectivity index (χ1v) is 7.09. The standard InChI is InChI=1S/C20H22/c1-5-17-9-7-11-19(15(17)3)13-14-20-12-8-10-18(6-2)16(20)4/h5-12H,1-2,13-14H2,3-4H3. The molecule has 0 nitrogen and oxygen atoms in total. The zero-order chi connectivity index (χ0) is 14.5. The topological polar surface area (TPSA) is 0 Å². The van der Waals surface area contributed by atoms with Gasteiger partial charge in [-0.3, -0.25) is 0 Å². The van der Waals surface area contributed by atoms with E-state index in [9.17, 15) is 0 Å². The molecule has 102 valence electrons. The molecule has 2 aromatic carbocycles. The number of rotatable bonds is 5. The van der Waals surface area contributed by atoms with E-state index in [0.29, 0.717) is 0 Å². The SMILES string of the molecule is C=Cc1cccc(CCc2cccc(C=C)c2C)c1C. The summed E-state index contributed by atoms with van der Waals surface area (Å²) < 4.78 is 0. The summed E-state index contributed by atoms with van der Waals surface area (Å²) in [6.07, 6.45) is 5.99. The smallest absolute Gasteiger partial charge is 0.0230 e. The lowest BCUT2D eigenvalue weighted by atomic mass is 9.94. The summed E-state index contributed by atoms with van der Waals surface area (Å²) >= 11 is 0. The monoisotopic (exact) mass is 262 g/mol. The van der Waals surface area contributed by atoms with Crippen LogP contribution in [0.15, 0.2) is 49.6 Å². The molecule has 0 aromatic heterocycles. The van der Waals surface area contributed by atoms with Crippen molar-refractivity contribution in [3.8, 4) is 0 Å². The fourth-order valence-corrected chi connectivity index (χ4v) is 2.66. The first-order valence-electron chi connectivity index (χ1n) is 7.09. The lowest BCUT2D eigenvalue weighted by Crippen LogP contribution is -1.98. The molecule has 0 atom stereocenters. The van der Waals surface area contributed by atoms with Gasteiger partial charge in [-0.15, -0.1) is 0 Å². The molecule has 0 saturated carbocycles. The lowest BCUT2D eigenvalue weighted by molar-refractivity contribution is 0.937. The Morgan fingerprint density at radius 3 is 1.50 bits per heavy atom. The van der Waals surface area contributed by atoms with E-state index in [0.717, 1.165) is 12.8 Å². The van der Waals surface area contributed by atoms with Crippen LogP contribution in [0.3, 0.4) is 0 Å². The molecule has 20 heavy (non-hydrogen) atoms. The van der Waals surface area contributed by atoms with Crippen molar-refractivity contribution in [2.75, 3.05) is 0 Å². The summed E-state index contributed by atoms with van der Waals surface area (Å²) in [5.74, 6) is 0. The molecule has 0 spiro atoms. The summed E-state index contributed by atoms with van der Waals surface area (Å²) in [5, 5.41) is 0. The highest BCUT2D eigenvalue weighted by molar-refractivity contribution is 5.55. The Hall–Kier alpha value is -2.08. The Kier molecular flexibility index (Phi) is 4.57. The third-order valence-electron chi connectivity index (χ3n) is 4.08. The van der Waals surface area contributed by atoms with Crippen molar-refractivity contribution in [2.45, 2.75) is 26.7 Å². The molecule has 0 radical (unpaired) electrons. The van der Waals surface area contributed by atoms with E-state index in [1.807, 2.05) is 12.2 Å². The minimum absolute atomic E-state index is 1.06. The predicted octanol–water partition coefficient (Wildman–Crippen LogP) is 5.37. The van der Waals surface area contributed by atoms with E-state index in [1.54, 1.807) is 0 Å². The average Bonchev–Trinajstić information content (AvgIpc) is 2.47. The normalized spacial score (nSPS) is 10.3. The van der Waals surface area contributed by atoms with E-state index in [2.05, 4.69) is 63.4 Å². The average molecular weight is 262 g/mol. The minimum atomic E-state index is 1.06. The van der Waals surface area contributed by atoms with Crippen molar-refractivity contribution < 1.29 is 0 Å². The van der Waals surface area contributed by atoms with Gasteiger partial charge in [-0.25, -0.2) is 0 Å². The van der Waals surface area contributed by atoms with Gasteiger partial charge < -0.3 is 0 Å². The fraction of sp³-hybridized carbons (Fsp3) is 0.200. The van der Waals surface area contributed by atoms with Gasteiger partial charge in [-0.05, 0) is 60.1 Å². The molecule has 0 bridgehead atoms. The Labute approximate surface area is 122 Å². The highest BCUT2D eigenvalue weighted by atomic mass is 14.1. The highest BCUT2D eigenvalue weighted by Crippen LogP contribution is 2.20. The van der Waals surface area contributed by atoms with E-state index >= 15 is 0 Å². The lowest BCUT2D eigenvalue weighted by Gasteiger charge is -2.11. The molecular formula is C20H22. The van der Waals surface area contributed by atoms with Crippen molar-refractivity contribution in [2.24, 2.45) is 0 Å². The minimum Gasteiger partial charge on any atom is -0.0985 e. The Balaban J connectivity index is 2.21. The number of aryl methyl sites for hydroxylation is 2. The second kappa shape index (κ2) is 6.38. The molecule has 0 heterocycles. The maximum absolute atomic E-state index is 3.88. The van der Waals surface area contributed by atoms with Gasteiger partial charge in [0.05, 0.1) is 0 Å². The van der Waals surface area contributed by atoms with Gasteiger partial charge in [0.1, 0.15) is 0 Å². The molecule has 0 amide bonds. The van der Waals surface area contributed by atoms with Gasteiger partial charge in [0.15, 0.2) is 0 Å². The summed E-state index contributed by atoms with van der Waals surface area (Å²) in [7, 11) is 0. The fourth-order valence-electron chi connectivity index (χ4n) is 2.66. The molecule has 0 unspecified atom stereocenters. The van der Waals surface area contributed by atoms with Crippen LogP contribution < -0.4 is 0 Å². The van der Waals surface area contributed by atoms with Crippen LogP contribution in [-0.2, 0) is 12.8 Å². The molecule has 0 aliphatic heterocycles. The van der Waals surface area contributed by atoms with Crippen LogP contribution in [0.1, 0.15) is 33.4 Å². The quantitative estimate of drug-likeness (QED) is 0.679. The molecule has 0 aliphatic rings. The van der Waals surface area contributed by atoms with Gasteiger partial charge in [0, 0.05) is 0 Å². The second-order valence-corrected chi connectivity index (χ2v) is 5.17. The Bertz CT molecular complexity index is 575. The first-order chi connectivity index (χ1) is 9.67. The molecule has 2 rings (SSSR count). The molecule has 0 N–H and O–H groups in total.